The topological polar surface area (TPSA) is 83.6 Å². The van der Waals surface area contributed by atoms with E-state index in [1.807, 2.05) is 37.4 Å². The van der Waals surface area contributed by atoms with E-state index in [9.17, 15) is 0 Å². The van der Waals surface area contributed by atoms with Crippen LogP contribution in [0.25, 0.3) is 11.3 Å². The fourth-order valence-electron chi connectivity index (χ4n) is 3.25. The molecular weight excluding hydrogens is 390 g/mol. The van der Waals surface area contributed by atoms with Crippen LogP contribution >= 0.6 is 0 Å². The van der Waals surface area contributed by atoms with Gasteiger partial charge in [0, 0.05) is 13.6 Å². The molecule has 0 unspecified atom stereocenters. The van der Waals surface area contributed by atoms with E-state index in [-0.39, 0.29) is 0 Å². The van der Waals surface area contributed by atoms with Gasteiger partial charge in [-0.25, -0.2) is 4.98 Å². The fraction of sp³-hybridized carbons (Fsp3) is 0.333. The van der Waals surface area contributed by atoms with Gasteiger partial charge in [0.1, 0.15) is 5.82 Å². The van der Waals surface area contributed by atoms with Crippen LogP contribution in [-0.2, 0) is 13.0 Å². The maximum absolute atomic E-state index is 5.66. The number of H-pyrrole nitrogens is 1. The summed E-state index contributed by atoms with van der Waals surface area (Å²) in [6, 6.07) is 16.3. The highest BCUT2D eigenvalue weighted by molar-refractivity contribution is 5.79. The Labute approximate surface area is 183 Å². The second-order valence-electron chi connectivity index (χ2n) is 6.98. The first kappa shape index (κ1) is 22.2. The SMILES string of the molecule is CCOc1cc(CCCNC(=NC)NCc2ncc(-c3ccccc3)[nH]2)ccc1OC. The van der Waals surface area contributed by atoms with Crippen LogP contribution < -0.4 is 20.1 Å². The van der Waals surface area contributed by atoms with E-state index < -0.39 is 0 Å². The van der Waals surface area contributed by atoms with Crippen molar-refractivity contribution >= 4 is 5.96 Å². The van der Waals surface area contributed by atoms with E-state index in [0.29, 0.717) is 13.2 Å². The Morgan fingerprint density at radius 3 is 2.68 bits per heavy atom. The largest absolute Gasteiger partial charge is 0.493 e. The van der Waals surface area contributed by atoms with Crippen molar-refractivity contribution in [3.05, 3.63) is 66.1 Å². The van der Waals surface area contributed by atoms with E-state index in [2.05, 4.69) is 49.9 Å². The minimum atomic E-state index is 0.572. The van der Waals surface area contributed by atoms with Gasteiger partial charge in [-0.15, -0.1) is 0 Å². The number of rotatable bonds is 10. The third-order valence-corrected chi connectivity index (χ3v) is 4.82. The molecule has 7 nitrogen and oxygen atoms in total. The first-order chi connectivity index (χ1) is 15.2. The molecule has 3 rings (SSSR count). The monoisotopic (exact) mass is 421 g/mol. The van der Waals surface area contributed by atoms with Crippen molar-refractivity contribution in [3.63, 3.8) is 0 Å². The molecule has 31 heavy (non-hydrogen) atoms. The number of aromatic amines is 1. The standard InChI is InChI=1S/C24H31N5O2/c1-4-31-22-15-18(12-13-21(22)30-3)9-8-14-26-24(25-2)28-17-23-27-16-20(29-23)19-10-6-5-7-11-19/h5-7,10-13,15-16H,4,8-9,14,17H2,1-3H3,(H,27,29)(H2,25,26,28). The molecule has 0 atom stereocenters. The lowest BCUT2D eigenvalue weighted by atomic mass is 10.1. The third-order valence-electron chi connectivity index (χ3n) is 4.82. The summed E-state index contributed by atoms with van der Waals surface area (Å²) in [5.41, 5.74) is 3.35. The van der Waals surface area contributed by atoms with Crippen molar-refractivity contribution in [1.29, 1.82) is 0 Å². The molecule has 0 fully saturated rings. The molecule has 0 aliphatic carbocycles. The van der Waals surface area contributed by atoms with Crippen molar-refractivity contribution in [2.24, 2.45) is 4.99 Å². The maximum atomic E-state index is 5.66. The molecule has 164 valence electrons. The Morgan fingerprint density at radius 1 is 1.10 bits per heavy atom. The maximum Gasteiger partial charge on any atom is 0.191 e. The van der Waals surface area contributed by atoms with Gasteiger partial charge in [0.25, 0.3) is 0 Å². The van der Waals surface area contributed by atoms with Crippen molar-refractivity contribution < 1.29 is 9.47 Å². The average Bonchev–Trinajstić information content (AvgIpc) is 3.29. The van der Waals surface area contributed by atoms with Crippen molar-refractivity contribution in [3.8, 4) is 22.8 Å². The van der Waals surface area contributed by atoms with Gasteiger partial charge in [0.05, 0.1) is 32.2 Å². The summed E-state index contributed by atoms with van der Waals surface area (Å²) < 4.78 is 11.0. The first-order valence-corrected chi connectivity index (χ1v) is 10.6. The molecule has 0 aliphatic rings. The highest BCUT2D eigenvalue weighted by Gasteiger charge is 2.06. The van der Waals surface area contributed by atoms with E-state index in [1.54, 1.807) is 14.2 Å². The molecule has 0 saturated heterocycles. The van der Waals surface area contributed by atoms with Crippen LogP contribution in [0.2, 0.25) is 0 Å². The van der Waals surface area contributed by atoms with Gasteiger partial charge in [-0.05, 0) is 43.0 Å². The molecule has 7 heteroatoms. The summed E-state index contributed by atoms with van der Waals surface area (Å²) in [5.74, 6) is 3.17. The van der Waals surface area contributed by atoms with Crippen LogP contribution in [0.15, 0.2) is 59.7 Å². The number of nitrogens with zero attached hydrogens (tertiary/aromatic N) is 2. The van der Waals surface area contributed by atoms with Crippen molar-refractivity contribution in [2.75, 3.05) is 27.3 Å². The first-order valence-electron chi connectivity index (χ1n) is 10.6. The van der Waals surface area contributed by atoms with Crippen LogP contribution in [0.3, 0.4) is 0 Å². The van der Waals surface area contributed by atoms with Crippen LogP contribution in [0.5, 0.6) is 11.5 Å². The number of methoxy groups -OCH3 is 1. The van der Waals surface area contributed by atoms with Crippen LogP contribution in [0.4, 0.5) is 0 Å². The quantitative estimate of drug-likeness (QED) is 0.264. The molecule has 0 radical (unpaired) electrons. The molecule has 0 saturated carbocycles. The Kier molecular flexibility index (Phi) is 8.34. The highest BCUT2D eigenvalue weighted by atomic mass is 16.5. The number of nitrogens with one attached hydrogen (secondary N) is 3. The Balaban J connectivity index is 1.43. The molecule has 0 amide bonds. The second kappa shape index (κ2) is 11.6. The smallest absolute Gasteiger partial charge is 0.191 e. The summed E-state index contributed by atoms with van der Waals surface area (Å²) in [4.78, 5) is 12.1. The van der Waals surface area contributed by atoms with Gasteiger partial charge in [-0.2, -0.15) is 0 Å². The highest BCUT2D eigenvalue weighted by Crippen LogP contribution is 2.28. The Bertz CT molecular complexity index is 969. The third kappa shape index (κ3) is 6.50. The van der Waals surface area contributed by atoms with Gasteiger partial charge in [0.2, 0.25) is 0 Å². The van der Waals surface area contributed by atoms with Crippen LogP contribution in [0, 0.1) is 0 Å². The van der Waals surface area contributed by atoms with Gasteiger partial charge >= 0.3 is 0 Å². The zero-order valence-corrected chi connectivity index (χ0v) is 18.4. The lowest BCUT2D eigenvalue weighted by Crippen LogP contribution is -2.37. The lowest BCUT2D eigenvalue weighted by molar-refractivity contribution is 0.310. The Hall–Kier alpha value is -3.48. The molecule has 2 aromatic carbocycles. The number of ether oxygens (including phenoxy) is 2. The summed E-state index contributed by atoms with van der Waals surface area (Å²) in [6.07, 6.45) is 3.76. The minimum absolute atomic E-state index is 0.572. The summed E-state index contributed by atoms with van der Waals surface area (Å²) in [7, 11) is 3.43. The van der Waals surface area contributed by atoms with Gasteiger partial charge in [-0.3, -0.25) is 4.99 Å². The summed E-state index contributed by atoms with van der Waals surface area (Å²) >= 11 is 0. The van der Waals surface area contributed by atoms with E-state index in [0.717, 1.165) is 53.9 Å². The van der Waals surface area contributed by atoms with Crippen LogP contribution in [0.1, 0.15) is 24.7 Å². The molecule has 0 spiro atoms. The molecule has 0 bridgehead atoms. The van der Waals surface area contributed by atoms with Gasteiger partial charge in [-0.1, -0.05) is 36.4 Å². The van der Waals surface area contributed by atoms with Gasteiger partial charge in [0.15, 0.2) is 17.5 Å². The van der Waals surface area contributed by atoms with E-state index in [1.165, 1.54) is 5.56 Å². The van der Waals surface area contributed by atoms with E-state index >= 15 is 0 Å². The molecule has 1 heterocycles. The number of benzene rings is 2. The summed E-state index contributed by atoms with van der Waals surface area (Å²) in [5, 5.41) is 6.65. The fourth-order valence-corrected chi connectivity index (χ4v) is 3.25. The molecule has 3 aromatic rings. The average molecular weight is 422 g/mol. The van der Waals surface area contributed by atoms with Crippen molar-refractivity contribution in [2.45, 2.75) is 26.3 Å². The number of hydrogen-bond acceptors (Lipinski definition) is 4. The van der Waals surface area contributed by atoms with Gasteiger partial charge < -0.3 is 25.1 Å². The zero-order valence-electron chi connectivity index (χ0n) is 18.4. The van der Waals surface area contributed by atoms with Crippen LogP contribution in [-0.4, -0.2) is 43.2 Å². The molecular formula is C24H31N5O2. The molecule has 0 aliphatic heterocycles. The number of aliphatic imine (C=N–C) groups is 1. The molecule has 3 N–H and O–H groups in total. The van der Waals surface area contributed by atoms with Crippen molar-refractivity contribution in [1.82, 2.24) is 20.6 Å². The Morgan fingerprint density at radius 2 is 1.94 bits per heavy atom. The zero-order chi connectivity index (χ0) is 21.9. The number of aryl methyl sites for hydroxylation is 1. The minimum Gasteiger partial charge on any atom is -0.493 e. The number of imidazole rings is 1. The number of guanidine groups is 1. The molecule has 1 aromatic heterocycles. The van der Waals surface area contributed by atoms with E-state index in [4.69, 9.17) is 9.47 Å². The lowest BCUT2D eigenvalue weighted by Gasteiger charge is -2.12. The predicted octanol–water partition coefficient (Wildman–Crippen LogP) is 3.78. The predicted molar refractivity (Wildman–Crippen MR) is 125 cm³/mol. The number of aromatic nitrogens is 2. The normalized spacial score (nSPS) is 11.3. The second-order valence-corrected chi connectivity index (χ2v) is 6.98. The summed E-state index contributed by atoms with van der Waals surface area (Å²) in [6.45, 7) is 3.97. The number of hydrogen-bond donors (Lipinski definition) is 3.